The van der Waals surface area contributed by atoms with Crippen LogP contribution in [0.4, 0.5) is 10.5 Å². The number of carbonyl (C=O) groups excluding carboxylic acids is 1. The van der Waals surface area contributed by atoms with Gasteiger partial charge >= 0.3 is 6.09 Å². The van der Waals surface area contributed by atoms with Crippen molar-refractivity contribution in [3.63, 3.8) is 0 Å². The minimum absolute atomic E-state index is 0.161. The number of aryl methyl sites for hydroxylation is 1. The Morgan fingerprint density at radius 1 is 1.22 bits per heavy atom. The number of hydrogen-bond acceptors (Lipinski definition) is 6. The second-order valence-corrected chi connectivity index (χ2v) is 9.11. The van der Waals surface area contributed by atoms with Gasteiger partial charge in [-0.1, -0.05) is 0 Å². The molecule has 1 aromatic heterocycles. The molecule has 0 radical (unpaired) electrons. The number of aromatic nitrogens is 2. The summed E-state index contributed by atoms with van der Waals surface area (Å²) in [5.41, 5.74) is 6.46. The monoisotopic (exact) mass is 394 g/mol. The molecule has 0 aliphatic rings. The third kappa shape index (κ3) is 5.00. The second-order valence-electron chi connectivity index (χ2n) is 7.22. The standard InChI is InChI=1S/C18H26N4O4S/c1-12-16(27(24,25)15-8-6-14(19)7-9-15)13(2)22(21-12)11-10-20-17(23)26-18(3,4)5/h6-9H,10-11,19H2,1-5H3,(H,20,23). The number of nitrogens with one attached hydrogen (secondary N) is 1. The van der Waals surface area contributed by atoms with Gasteiger partial charge in [0.25, 0.3) is 0 Å². The maximum absolute atomic E-state index is 13.0. The van der Waals surface area contributed by atoms with Crippen molar-refractivity contribution in [2.75, 3.05) is 12.3 Å². The zero-order chi connectivity index (χ0) is 20.4. The zero-order valence-corrected chi connectivity index (χ0v) is 17.1. The summed E-state index contributed by atoms with van der Waals surface area (Å²) in [5, 5.41) is 6.95. The van der Waals surface area contributed by atoms with E-state index in [1.807, 2.05) is 0 Å². The Kier molecular flexibility index (Phi) is 5.84. The van der Waals surface area contributed by atoms with Crippen LogP contribution in [0.2, 0.25) is 0 Å². The molecule has 0 unspecified atom stereocenters. The molecule has 3 N–H and O–H groups in total. The fraction of sp³-hybridized carbons (Fsp3) is 0.444. The Hall–Kier alpha value is -2.55. The molecule has 1 heterocycles. The van der Waals surface area contributed by atoms with Crippen LogP contribution in [0.1, 0.15) is 32.2 Å². The van der Waals surface area contributed by atoms with Crippen LogP contribution in [-0.2, 0) is 21.1 Å². The van der Waals surface area contributed by atoms with E-state index in [0.29, 0.717) is 23.6 Å². The fourth-order valence-electron chi connectivity index (χ4n) is 2.63. The van der Waals surface area contributed by atoms with Crippen LogP contribution >= 0.6 is 0 Å². The molecule has 0 aliphatic carbocycles. The minimum Gasteiger partial charge on any atom is -0.444 e. The van der Waals surface area contributed by atoms with E-state index in [4.69, 9.17) is 10.5 Å². The largest absolute Gasteiger partial charge is 0.444 e. The number of hydrogen-bond donors (Lipinski definition) is 2. The van der Waals surface area contributed by atoms with Crippen molar-refractivity contribution < 1.29 is 17.9 Å². The summed E-state index contributed by atoms with van der Waals surface area (Å²) in [7, 11) is -3.71. The van der Waals surface area contributed by atoms with E-state index in [-0.39, 0.29) is 16.3 Å². The Bertz CT molecular complexity index is 926. The summed E-state index contributed by atoms with van der Waals surface area (Å²) in [6.07, 6.45) is -0.529. The summed E-state index contributed by atoms with van der Waals surface area (Å²) in [5.74, 6) is 0. The lowest BCUT2D eigenvalue weighted by Gasteiger charge is -2.19. The van der Waals surface area contributed by atoms with Crippen molar-refractivity contribution in [1.82, 2.24) is 15.1 Å². The van der Waals surface area contributed by atoms with Gasteiger partial charge in [0.15, 0.2) is 0 Å². The van der Waals surface area contributed by atoms with E-state index in [1.165, 1.54) is 12.1 Å². The van der Waals surface area contributed by atoms with E-state index >= 15 is 0 Å². The van der Waals surface area contributed by atoms with Gasteiger partial charge in [-0.25, -0.2) is 13.2 Å². The Labute approximate surface area is 159 Å². The van der Waals surface area contributed by atoms with Gasteiger partial charge in [-0.3, -0.25) is 4.68 Å². The summed E-state index contributed by atoms with van der Waals surface area (Å²) >= 11 is 0. The van der Waals surface area contributed by atoms with Crippen LogP contribution in [-0.4, -0.2) is 36.4 Å². The Morgan fingerprint density at radius 3 is 2.37 bits per heavy atom. The molecule has 0 saturated heterocycles. The third-order valence-corrected chi connectivity index (χ3v) is 5.79. The van der Waals surface area contributed by atoms with Crippen LogP contribution in [0, 0.1) is 13.8 Å². The number of anilines is 1. The highest BCUT2D eigenvalue weighted by Crippen LogP contribution is 2.27. The highest BCUT2D eigenvalue weighted by atomic mass is 32.2. The van der Waals surface area contributed by atoms with E-state index < -0.39 is 21.5 Å². The molecule has 0 fully saturated rings. The molecular formula is C18H26N4O4S. The van der Waals surface area contributed by atoms with Crippen molar-refractivity contribution in [2.24, 2.45) is 0 Å². The number of amides is 1. The topological polar surface area (TPSA) is 116 Å². The molecule has 1 aromatic carbocycles. The number of carbonyl (C=O) groups is 1. The van der Waals surface area contributed by atoms with Gasteiger partial charge in [0.05, 0.1) is 22.8 Å². The summed E-state index contributed by atoms with van der Waals surface area (Å²) < 4.78 is 32.6. The second kappa shape index (κ2) is 7.59. The SMILES string of the molecule is Cc1nn(CCNC(=O)OC(C)(C)C)c(C)c1S(=O)(=O)c1ccc(N)cc1. The van der Waals surface area contributed by atoms with E-state index in [0.717, 1.165) is 0 Å². The number of rotatable bonds is 5. The van der Waals surface area contributed by atoms with Crippen LogP contribution in [0.15, 0.2) is 34.1 Å². The number of alkyl carbamates (subject to hydrolysis) is 1. The minimum atomic E-state index is -3.71. The number of nitrogen functional groups attached to an aromatic ring is 1. The van der Waals surface area contributed by atoms with Gasteiger partial charge in [0.1, 0.15) is 10.5 Å². The molecule has 8 nitrogen and oxygen atoms in total. The van der Waals surface area contributed by atoms with Gasteiger partial charge in [-0.05, 0) is 58.9 Å². The highest BCUT2D eigenvalue weighted by Gasteiger charge is 2.26. The maximum Gasteiger partial charge on any atom is 0.407 e. The van der Waals surface area contributed by atoms with Gasteiger partial charge in [-0.2, -0.15) is 5.10 Å². The summed E-state index contributed by atoms with van der Waals surface area (Å²) in [4.78, 5) is 12.0. The van der Waals surface area contributed by atoms with Crippen molar-refractivity contribution in [3.05, 3.63) is 35.7 Å². The van der Waals surface area contributed by atoms with E-state index in [9.17, 15) is 13.2 Å². The molecule has 1 amide bonds. The predicted molar refractivity (Wildman–Crippen MR) is 102 cm³/mol. The molecule has 0 saturated carbocycles. The summed E-state index contributed by atoms with van der Waals surface area (Å²) in [6.45, 7) is 9.26. The highest BCUT2D eigenvalue weighted by molar-refractivity contribution is 7.91. The zero-order valence-electron chi connectivity index (χ0n) is 16.2. The molecule has 0 aliphatic heterocycles. The number of sulfone groups is 1. The number of nitrogens with zero attached hydrogens (tertiary/aromatic N) is 2. The molecule has 0 spiro atoms. The van der Waals surface area contributed by atoms with Crippen LogP contribution in [0.25, 0.3) is 0 Å². The van der Waals surface area contributed by atoms with E-state index in [1.54, 1.807) is 51.4 Å². The first-order valence-electron chi connectivity index (χ1n) is 8.53. The van der Waals surface area contributed by atoms with Gasteiger partial charge in [-0.15, -0.1) is 0 Å². The molecule has 0 bridgehead atoms. The molecule has 9 heteroatoms. The first-order valence-corrected chi connectivity index (χ1v) is 10.0. The van der Waals surface area contributed by atoms with Crippen LogP contribution < -0.4 is 11.1 Å². The van der Waals surface area contributed by atoms with Crippen molar-refractivity contribution in [3.8, 4) is 0 Å². The predicted octanol–water partition coefficient (Wildman–Crippen LogP) is 2.44. The molecular weight excluding hydrogens is 368 g/mol. The molecule has 2 aromatic rings. The molecule has 148 valence electrons. The Morgan fingerprint density at radius 2 is 1.81 bits per heavy atom. The third-order valence-electron chi connectivity index (χ3n) is 3.77. The molecule has 2 rings (SSSR count). The maximum atomic E-state index is 13.0. The lowest BCUT2D eigenvalue weighted by Crippen LogP contribution is -2.34. The first-order chi connectivity index (χ1) is 12.4. The lowest BCUT2D eigenvalue weighted by molar-refractivity contribution is 0.0525. The normalized spacial score (nSPS) is 12.0. The van der Waals surface area contributed by atoms with E-state index in [2.05, 4.69) is 10.4 Å². The van der Waals surface area contributed by atoms with Crippen LogP contribution in [0.3, 0.4) is 0 Å². The summed E-state index contributed by atoms with van der Waals surface area (Å²) in [6, 6.07) is 6.05. The smallest absolute Gasteiger partial charge is 0.407 e. The number of nitrogens with two attached hydrogens (primary N) is 1. The lowest BCUT2D eigenvalue weighted by atomic mass is 10.2. The molecule has 0 atom stereocenters. The Balaban J connectivity index is 2.17. The average Bonchev–Trinajstić information content (AvgIpc) is 2.80. The van der Waals surface area contributed by atoms with Gasteiger partial charge < -0.3 is 15.8 Å². The van der Waals surface area contributed by atoms with Crippen molar-refractivity contribution in [1.29, 1.82) is 0 Å². The quantitative estimate of drug-likeness (QED) is 0.753. The van der Waals surface area contributed by atoms with Crippen molar-refractivity contribution in [2.45, 2.75) is 56.6 Å². The fourth-order valence-corrected chi connectivity index (χ4v) is 4.28. The van der Waals surface area contributed by atoms with Crippen molar-refractivity contribution >= 4 is 21.6 Å². The first kappa shape index (κ1) is 20.8. The van der Waals surface area contributed by atoms with Gasteiger partial charge in [0, 0.05) is 12.2 Å². The number of benzene rings is 1. The number of ether oxygens (including phenoxy) is 1. The molecule has 27 heavy (non-hydrogen) atoms. The average molecular weight is 394 g/mol. The van der Waals surface area contributed by atoms with Gasteiger partial charge in [0.2, 0.25) is 9.84 Å². The van der Waals surface area contributed by atoms with Crippen LogP contribution in [0.5, 0.6) is 0 Å².